The van der Waals surface area contributed by atoms with E-state index in [0.717, 1.165) is 11.3 Å². The monoisotopic (exact) mass is 291 g/mol. The van der Waals surface area contributed by atoms with Gasteiger partial charge in [0.1, 0.15) is 12.4 Å². The first-order valence-electron chi connectivity index (χ1n) is 6.69. The molecule has 0 atom stereocenters. The largest absolute Gasteiger partial charge is 0.350 e. The molecule has 0 aliphatic rings. The molecule has 0 bridgehead atoms. The van der Waals surface area contributed by atoms with Crippen LogP contribution in [-0.2, 0) is 24.3 Å². The lowest BCUT2D eigenvalue weighted by molar-refractivity contribution is -0.122. The number of nitrogens with two attached hydrogens (primary N) is 1. The van der Waals surface area contributed by atoms with Gasteiger partial charge in [0.25, 0.3) is 0 Å². The number of nitrogens with one attached hydrogen (secondary N) is 1. The summed E-state index contributed by atoms with van der Waals surface area (Å²) in [7, 11) is 0. The van der Waals surface area contributed by atoms with Crippen molar-refractivity contribution < 1.29 is 9.18 Å². The number of benzene rings is 1. The summed E-state index contributed by atoms with van der Waals surface area (Å²) in [6.07, 6.45) is 2.34. The van der Waals surface area contributed by atoms with E-state index in [1.165, 1.54) is 10.7 Å². The Hall–Kier alpha value is -2.28. The van der Waals surface area contributed by atoms with Gasteiger partial charge < -0.3 is 11.1 Å². The molecule has 0 saturated heterocycles. The lowest BCUT2D eigenvalue weighted by Crippen LogP contribution is -2.27. The Kier molecular flexibility index (Phi) is 4.99. The standard InChI is InChI=1S/C14H18FN5O/c1-10-6-11(2-3-13(10)15)7-17-14(21)9-20-8-12(4-5-16)18-19-20/h2-3,6,8H,4-5,7,9,16H2,1H3,(H,17,21). The van der Waals surface area contributed by atoms with E-state index in [4.69, 9.17) is 5.73 Å². The Balaban J connectivity index is 1.85. The van der Waals surface area contributed by atoms with E-state index >= 15 is 0 Å². The summed E-state index contributed by atoms with van der Waals surface area (Å²) in [5, 5.41) is 10.5. The predicted molar refractivity (Wildman–Crippen MR) is 75.8 cm³/mol. The Bertz CT molecular complexity index is 626. The molecule has 0 radical (unpaired) electrons. The molecule has 7 heteroatoms. The van der Waals surface area contributed by atoms with Crippen molar-refractivity contribution in [2.45, 2.75) is 26.4 Å². The molecule has 0 aliphatic heterocycles. The highest BCUT2D eigenvalue weighted by atomic mass is 19.1. The number of nitrogens with zero attached hydrogens (tertiary/aromatic N) is 3. The number of hydrogen-bond acceptors (Lipinski definition) is 4. The number of carbonyl (C=O) groups excluding carboxylic acids is 1. The molecular formula is C14H18FN5O. The Morgan fingerprint density at radius 2 is 2.29 bits per heavy atom. The number of rotatable bonds is 6. The first-order chi connectivity index (χ1) is 10.1. The van der Waals surface area contributed by atoms with Crippen LogP contribution in [0.15, 0.2) is 24.4 Å². The second-order valence-electron chi connectivity index (χ2n) is 4.81. The topological polar surface area (TPSA) is 85.8 Å². The van der Waals surface area contributed by atoms with Gasteiger partial charge in [0.05, 0.1) is 5.69 Å². The SMILES string of the molecule is Cc1cc(CNC(=O)Cn2cc(CCN)nn2)ccc1F. The second kappa shape index (κ2) is 6.94. The molecule has 1 aromatic heterocycles. The van der Waals surface area contributed by atoms with Crippen molar-refractivity contribution in [1.82, 2.24) is 20.3 Å². The Morgan fingerprint density at radius 3 is 3.00 bits per heavy atom. The maximum absolute atomic E-state index is 13.1. The third-order valence-electron chi connectivity index (χ3n) is 3.00. The number of amides is 1. The molecular weight excluding hydrogens is 273 g/mol. The third-order valence-corrected chi connectivity index (χ3v) is 3.00. The summed E-state index contributed by atoms with van der Waals surface area (Å²) >= 11 is 0. The van der Waals surface area contributed by atoms with Gasteiger partial charge in [-0.15, -0.1) is 5.10 Å². The molecule has 0 unspecified atom stereocenters. The van der Waals surface area contributed by atoms with Gasteiger partial charge in [-0.1, -0.05) is 17.3 Å². The second-order valence-corrected chi connectivity index (χ2v) is 4.81. The average Bonchev–Trinajstić information content (AvgIpc) is 2.88. The molecule has 6 nitrogen and oxygen atoms in total. The van der Waals surface area contributed by atoms with E-state index in [-0.39, 0.29) is 18.3 Å². The highest BCUT2D eigenvalue weighted by Gasteiger charge is 2.06. The normalized spacial score (nSPS) is 10.6. The molecule has 3 N–H and O–H groups in total. The molecule has 1 aromatic carbocycles. The summed E-state index contributed by atoms with van der Waals surface area (Å²) in [5.74, 6) is -0.429. The smallest absolute Gasteiger partial charge is 0.242 e. The van der Waals surface area contributed by atoms with Crippen LogP contribution in [0.25, 0.3) is 0 Å². The van der Waals surface area contributed by atoms with Crippen LogP contribution in [0, 0.1) is 12.7 Å². The van der Waals surface area contributed by atoms with E-state index < -0.39 is 0 Å². The quantitative estimate of drug-likeness (QED) is 0.813. The van der Waals surface area contributed by atoms with E-state index in [1.54, 1.807) is 25.3 Å². The minimum absolute atomic E-state index is 0.0950. The van der Waals surface area contributed by atoms with Crippen molar-refractivity contribution >= 4 is 5.91 Å². The van der Waals surface area contributed by atoms with Gasteiger partial charge in [-0.05, 0) is 30.7 Å². The molecule has 1 amide bonds. The van der Waals surface area contributed by atoms with E-state index in [2.05, 4.69) is 15.6 Å². The molecule has 2 aromatic rings. The van der Waals surface area contributed by atoms with Crippen LogP contribution in [0.2, 0.25) is 0 Å². The molecule has 1 heterocycles. The van der Waals surface area contributed by atoms with Crippen molar-refractivity contribution in [2.75, 3.05) is 6.54 Å². The zero-order valence-corrected chi connectivity index (χ0v) is 11.8. The number of hydrogen-bond donors (Lipinski definition) is 2. The van der Waals surface area contributed by atoms with Gasteiger partial charge in [-0.25, -0.2) is 9.07 Å². The van der Waals surface area contributed by atoms with Crippen molar-refractivity contribution in [1.29, 1.82) is 0 Å². The van der Waals surface area contributed by atoms with Crippen molar-refractivity contribution in [3.05, 3.63) is 47.0 Å². The lowest BCUT2D eigenvalue weighted by atomic mass is 10.1. The van der Waals surface area contributed by atoms with Gasteiger partial charge in [0.15, 0.2) is 0 Å². The molecule has 2 rings (SSSR count). The van der Waals surface area contributed by atoms with Crippen molar-refractivity contribution in [3.8, 4) is 0 Å². The van der Waals surface area contributed by atoms with Crippen LogP contribution in [0.4, 0.5) is 4.39 Å². The van der Waals surface area contributed by atoms with Gasteiger partial charge in [0.2, 0.25) is 5.91 Å². The van der Waals surface area contributed by atoms with Gasteiger partial charge >= 0.3 is 0 Å². The molecule has 0 fully saturated rings. The summed E-state index contributed by atoms with van der Waals surface area (Å²) in [5.41, 5.74) is 7.60. The first kappa shape index (κ1) is 15.1. The molecule has 112 valence electrons. The zero-order valence-electron chi connectivity index (χ0n) is 11.8. The Morgan fingerprint density at radius 1 is 1.48 bits per heavy atom. The van der Waals surface area contributed by atoms with Crippen LogP contribution < -0.4 is 11.1 Å². The fourth-order valence-electron chi connectivity index (χ4n) is 1.90. The highest BCUT2D eigenvalue weighted by molar-refractivity contribution is 5.75. The molecule has 21 heavy (non-hydrogen) atoms. The van der Waals surface area contributed by atoms with Crippen molar-refractivity contribution in [2.24, 2.45) is 5.73 Å². The van der Waals surface area contributed by atoms with Crippen LogP contribution >= 0.6 is 0 Å². The summed E-state index contributed by atoms with van der Waals surface area (Å²) < 4.78 is 14.6. The van der Waals surface area contributed by atoms with Crippen LogP contribution in [-0.4, -0.2) is 27.4 Å². The van der Waals surface area contributed by atoms with E-state index in [0.29, 0.717) is 25.1 Å². The van der Waals surface area contributed by atoms with Crippen molar-refractivity contribution in [3.63, 3.8) is 0 Å². The predicted octanol–water partition coefficient (Wildman–Crippen LogP) is 0.543. The first-order valence-corrected chi connectivity index (χ1v) is 6.69. The molecule has 0 saturated carbocycles. The fourth-order valence-corrected chi connectivity index (χ4v) is 1.90. The Labute approximate surface area is 122 Å². The summed E-state index contributed by atoms with van der Waals surface area (Å²) in [6.45, 7) is 2.63. The van der Waals surface area contributed by atoms with Gasteiger partial charge in [-0.2, -0.15) is 0 Å². The summed E-state index contributed by atoms with van der Waals surface area (Å²) in [6, 6.07) is 4.76. The lowest BCUT2D eigenvalue weighted by Gasteiger charge is -2.06. The number of halogens is 1. The third kappa shape index (κ3) is 4.35. The van der Waals surface area contributed by atoms with Crippen LogP contribution in [0.5, 0.6) is 0 Å². The molecule has 0 aliphatic carbocycles. The zero-order chi connectivity index (χ0) is 15.2. The number of carbonyl (C=O) groups is 1. The minimum atomic E-state index is -0.250. The van der Waals surface area contributed by atoms with Crippen LogP contribution in [0.1, 0.15) is 16.8 Å². The molecule has 0 spiro atoms. The maximum atomic E-state index is 13.1. The van der Waals surface area contributed by atoms with Gasteiger partial charge in [-0.3, -0.25) is 4.79 Å². The van der Waals surface area contributed by atoms with Gasteiger partial charge in [0, 0.05) is 19.2 Å². The number of aryl methyl sites for hydroxylation is 1. The van der Waals surface area contributed by atoms with E-state index in [1.807, 2.05) is 0 Å². The minimum Gasteiger partial charge on any atom is -0.350 e. The fraction of sp³-hybridized carbons (Fsp3) is 0.357. The van der Waals surface area contributed by atoms with Crippen LogP contribution in [0.3, 0.4) is 0 Å². The number of aromatic nitrogens is 3. The highest BCUT2D eigenvalue weighted by Crippen LogP contribution is 2.08. The average molecular weight is 291 g/mol. The summed E-state index contributed by atoms with van der Waals surface area (Å²) in [4.78, 5) is 11.8. The van der Waals surface area contributed by atoms with E-state index in [9.17, 15) is 9.18 Å². The maximum Gasteiger partial charge on any atom is 0.242 e.